The van der Waals surface area contributed by atoms with Gasteiger partial charge in [0, 0.05) is 42.3 Å². The second-order valence-electron chi connectivity index (χ2n) is 8.09. The zero-order valence-corrected chi connectivity index (χ0v) is 19.2. The molecule has 0 saturated heterocycles. The number of nitrogens with zero attached hydrogens (tertiary/aromatic N) is 3. The number of nitrogens with one attached hydrogen (secondary N) is 2. The van der Waals surface area contributed by atoms with Gasteiger partial charge in [0.15, 0.2) is 0 Å². The highest BCUT2D eigenvalue weighted by Gasteiger charge is 2.19. The lowest BCUT2D eigenvalue weighted by Gasteiger charge is -2.11. The molecule has 2 heterocycles. The summed E-state index contributed by atoms with van der Waals surface area (Å²) in [5, 5.41) is 10.6. The van der Waals surface area contributed by atoms with E-state index in [9.17, 15) is 9.59 Å². The molecule has 0 fully saturated rings. The van der Waals surface area contributed by atoms with Crippen LogP contribution in [-0.4, -0.2) is 26.6 Å². The average molecular weight is 454 g/mol. The van der Waals surface area contributed by atoms with Gasteiger partial charge in [-0.3, -0.25) is 14.6 Å². The molecule has 172 valence electrons. The number of carbonyl (C=O) groups is 2. The number of carbonyl (C=O) groups excluding carboxylic acids is 2. The zero-order valence-electron chi connectivity index (χ0n) is 19.2. The van der Waals surface area contributed by atoms with Crippen LogP contribution in [0.15, 0.2) is 85.3 Å². The Morgan fingerprint density at radius 2 is 1.85 bits per heavy atom. The van der Waals surface area contributed by atoms with Crippen LogP contribution in [-0.2, 0) is 11.3 Å². The predicted octanol–water partition coefficient (Wildman–Crippen LogP) is 4.85. The minimum absolute atomic E-state index is 0.0156. The van der Waals surface area contributed by atoms with E-state index in [4.69, 9.17) is 0 Å². The van der Waals surface area contributed by atoms with E-state index >= 15 is 0 Å². The fraction of sp³-hybridized carbons (Fsp3) is 0.185. The van der Waals surface area contributed by atoms with Gasteiger partial charge in [-0.05, 0) is 48.4 Å². The molecule has 4 aromatic rings. The van der Waals surface area contributed by atoms with Gasteiger partial charge in [0.1, 0.15) is 5.69 Å². The number of anilines is 1. The molecule has 2 aromatic heterocycles. The number of rotatable bonds is 8. The number of amides is 2. The number of aromatic nitrogens is 3. The highest BCUT2D eigenvalue weighted by Crippen LogP contribution is 2.23. The third kappa shape index (κ3) is 5.38. The first-order valence-electron chi connectivity index (χ1n) is 11.3. The molecule has 0 aliphatic rings. The lowest BCUT2D eigenvalue weighted by atomic mass is 10.1. The summed E-state index contributed by atoms with van der Waals surface area (Å²) in [6.07, 6.45) is 5.88. The Labute approximate surface area is 198 Å². The maximum atomic E-state index is 13.2. The van der Waals surface area contributed by atoms with Crippen LogP contribution in [0.2, 0.25) is 0 Å². The summed E-state index contributed by atoms with van der Waals surface area (Å²) in [5.74, 6) is -0.316. The second kappa shape index (κ2) is 10.6. The van der Waals surface area contributed by atoms with Crippen LogP contribution >= 0.6 is 0 Å². The average Bonchev–Trinajstić information content (AvgIpc) is 3.34. The highest BCUT2D eigenvalue weighted by molar-refractivity contribution is 6.00. The Morgan fingerprint density at radius 1 is 1.03 bits per heavy atom. The van der Waals surface area contributed by atoms with Gasteiger partial charge in [0.05, 0.1) is 11.3 Å². The molecule has 0 spiro atoms. The maximum Gasteiger partial charge on any atom is 0.255 e. The molecule has 2 amide bonds. The van der Waals surface area contributed by atoms with Gasteiger partial charge in [-0.2, -0.15) is 5.10 Å². The van der Waals surface area contributed by atoms with Gasteiger partial charge in [0.2, 0.25) is 5.91 Å². The van der Waals surface area contributed by atoms with Gasteiger partial charge in [-0.15, -0.1) is 0 Å². The van der Waals surface area contributed by atoms with Crippen molar-refractivity contribution in [2.45, 2.75) is 26.8 Å². The standard InChI is InChI=1S/C27H27N5O2/c1-3-19(2)26(33)30-22-11-7-9-20(15-22)16-29-27(34)24-18-32(23-12-5-4-6-13-23)31-25(24)21-10-8-14-28-17-21/h4-15,17-19H,3,16H2,1-2H3,(H,29,34)(H,30,33). The summed E-state index contributed by atoms with van der Waals surface area (Å²) in [7, 11) is 0. The molecule has 4 rings (SSSR count). The maximum absolute atomic E-state index is 13.2. The largest absolute Gasteiger partial charge is 0.348 e. The fourth-order valence-electron chi connectivity index (χ4n) is 3.46. The van der Waals surface area contributed by atoms with Gasteiger partial charge in [0.25, 0.3) is 5.91 Å². The van der Waals surface area contributed by atoms with E-state index in [1.807, 2.05) is 80.6 Å². The first-order chi connectivity index (χ1) is 16.5. The fourth-order valence-corrected chi connectivity index (χ4v) is 3.46. The summed E-state index contributed by atoms with van der Waals surface area (Å²) in [6.45, 7) is 4.19. The van der Waals surface area contributed by atoms with Crippen molar-refractivity contribution >= 4 is 17.5 Å². The Balaban J connectivity index is 1.54. The van der Waals surface area contributed by atoms with E-state index in [1.165, 1.54) is 0 Å². The number of benzene rings is 2. The third-order valence-corrected chi connectivity index (χ3v) is 5.62. The third-order valence-electron chi connectivity index (χ3n) is 5.62. The van der Waals surface area contributed by atoms with E-state index < -0.39 is 0 Å². The van der Waals surface area contributed by atoms with E-state index in [1.54, 1.807) is 23.3 Å². The first-order valence-corrected chi connectivity index (χ1v) is 11.3. The van der Waals surface area contributed by atoms with E-state index in [-0.39, 0.29) is 17.7 Å². The zero-order chi connectivity index (χ0) is 23.9. The molecular weight excluding hydrogens is 426 g/mol. The number of hydrogen-bond acceptors (Lipinski definition) is 4. The Morgan fingerprint density at radius 3 is 2.59 bits per heavy atom. The van der Waals surface area contributed by atoms with Crippen molar-refractivity contribution in [3.05, 3.63) is 96.4 Å². The molecule has 0 aliphatic heterocycles. The van der Waals surface area contributed by atoms with Crippen LogP contribution in [0.25, 0.3) is 16.9 Å². The predicted molar refractivity (Wildman–Crippen MR) is 132 cm³/mol. The van der Waals surface area contributed by atoms with E-state index in [0.29, 0.717) is 23.5 Å². The number of para-hydroxylation sites is 1. The number of pyridine rings is 1. The van der Waals surface area contributed by atoms with Crippen LogP contribution in [0.1, 0.15) is 36.2 Å². The molecule has 7 nitrogen and oxygen atoms in total. The van der Waals surface area contributed by atoms with Crippen LogP contribution in [0.5, 0.6) is 0 Å². The van der Waals surface area contributed by atoms with Crippen molar-refractivity contribution in [3.8, 4) is 16.9 Å². The van der Waals surface area contributed by atoms with E-state index in [0.717, 1.165) is 23.2 Å². The van der Waals surface area contributed by atoms with Crippen LogP contribution < -0.4 is 10.6 Å². The molecule has 0 aliphatic carbocycles. The van der Waals surface area contributed by atoms with Crippen molar-refractivity contribution < 1.29 is 9.59 Å². The molecule has 0 saturated carbocycles. The second-order valence-corrected chi connectivity index (χ2v) is 8.09. The molecule has 2 N–H and O–H groups in total. The monoisotopic (exact) mass is 453 g/mol. The quantitative estimate of drug-likeness (QED) is 0.399. The molecule has 1 atom stereocenters. The van der Waals surface area contributed by atoms with Crippen molar-refractivity contribution in [3.63, 3.8) is 0 Å². The van der Waals surface area contributed by atoms with Gasteiger partial charge in [-0.25, -0.2) is 4.68 Å². The Hall–Kier alpha value is -4.26. The topological polar surface area (TPSA) is 88.9 Å². The summed E-state index contributed by atoms with van der Waals surface area (Å²) >= 11 is 0. The van der Waals surface area contributed by atoms with Crippen molar-refractivity contribution in [1.82, 2.24) is 20.1 Å². The summed E-state index contributed by atoms with van der Waals surface area (Å²) in [6, 6.07) is 20.8. The van der Waals surface area contributed by atoms with Crippen LogP contribution in [0.4, 0.5) is 5.69 Å². The molecule has 0 radical (unpaired) electrons. The highest BCUT2D eigenvalue weighted by atomic mass is 16.2. The molecular formula is C27H27N5O2. The van der Waals surface area contributed by atoms with Gasteiger partial charge in [-0.1, -0.05) is 44.2 Å². The van der Waals surface area contributed by atoms with Gasteiger partial charge >= 0.3 is 0 Å². The van der Waals surface area contributed by atoms with Gasteiger partial charge < -0.3 is 10.6 Å². The normalized spacial score (nSPS) is 11.6. The van der Waals surface area contributed by atoms with Crippen LogP contribution in [0, 0.1) is 5.92 Å². The van der Waals surface area contributed by atoms with Crippen molar-refractivity contribution in [2.24, 2.45) is 5.92 Å². The summed E-state index contributed by atoms with van der Waals surface area (Å²) in [4.78, 5) is 29.6. The molecule has 0 bridgehead atoms. The Bertz CT molecular complexity index is 1270. The summed E-state index contributed by atoms with van der Waals surface area (Å²) in [5.41, 5.74) is 4.23. The molecule has 1 unspecified atom stereocenters. The summed E-state index contributed by atoms with van der Waals surface area (Å²) < 4.78 is 1.70. The number of hydrogen-bond donors (Lipinski definition) is 2. The SMILES string of the molecule is CCC(C)C(=O)Nc1cccc(CNC(=O)c2cn(-c3ccccc3)nc2-c2cccnc2)c1. The van der Waals surface area contributed by atoms with Crippen LogP contribution in [0.3, 0.4) is 0 Å². The molecule has 7 heteroatoms. The first kappa shape index (κ1) is 22.9. The van der Waals surface area contributed by atoms with Crippen molar-refractivity contribution in [2.75, 3.05) is 5.32 Å². The lowest BCUT2D eigenvalue weighted by molar-refractivity contribution is -0.119. The van der Waals surface area contributed by atoms with E-state index in [2.05, 4.69) is 20.7 Å². The molecule has 34 heavy (non-hydrogen) atoms. The lowest BCUT2D eigenvalue weighted by Crippen LogP contribution is -2.23. The molecule has 2 aromatic carbocycles. The smallest absolute Gasteiger partial charge is 0.255 e. The minimum atomic E-state index is -0.241. The van der Waals surface area contributed by atoms with Crippen molar-refractivity contribution in [1.29, 1.82) is 0 Å². The minimum Gasteiger partial charge on any atom is -0.348 e. The Kier molecular flexibility index (Phi) is 7.13.